The number of methoxy groups -OCH3 is 1. The lowest BCUT2D eigenvalue weighted by Gasteiger charge is -2.23. The lowest BCUT2D eigenvalue weighted by molar-refractivity contribution is -0.133. The largest absolute Gasteiger partial charge is 0.383 e. The molecule has 1 saturated heterocycles. The van der Waals surface area contributed by atoms with Gasteiger partial charge in [-0.2, -0.15) is 11.8 Å². The summed E-state index contributed by atoms with van der Waals surface area (Å²) in [6.07, 6.45) is 1.07. The molecule has 0 saturated carbocycles. The molecule has 1 atom stereocenters. The molecule has 1 unspecified atom stereocenters. The van der Waals surface area contributed by atoms with Crippen LogP contribution < -0.4 is 5.73 Å². The summed E-state index contributed by atoms with van der Waals surface area (Å²) in [4.78, 5) is 13.6. The Balaban J connectivity index is 0.00000196. The van der Waals surface area contributed by atoms with Crippen LogP contribution >= 0.6 is 24.2 Å². The summed E-state index contributed by atoms with van der Waals surface area (Å²) < 4.78 is 4.87. The van der Waals surface area contributed by atoms with Gasteiger partial charge in [0.1, 0.15) is 6.04 Å². The van der Waals surface area contributed by atoms with Crippen molar-refractivity contribution in [3.63, 3.8) is 0 Å². The normalized spacial score (nSPS) is 18.9. The monoisotopic (exact) mass is 254 g/mol. The minimum atomic E-state index is -0.497. The third-order valence-corrected chi connectivity index (χ3v) is 3.25. The van der Waals surface area contributed by atoms with Crippen LogP contribution in [-0.2, 0) is 9.53 Å². The molecule has 1 aliphatic rings. The summed E-state index contributed by atoms with van der Waals surface area (Å²) in [6.45, 7) is 1.96. The van der Waals surface area contributed by atoms with Gasteiger partial charge in [-0.05, 0) is 12.2 Å². The Bertz CT molecular complexity index is 187. The van der Waals surface area contributed by atoms with Crippen molar-refractivity contribution in [2.75, 3.05) is 38.3 Å². The second-order valence-corrected chi connectivity index (χ2v) is 4.58. The van der Waals surface area contributed by atoms with Gasteiger partial charge in [0, 0.05) is 26.0 Å². The van der Waals surface area contributed by atoms with Gasteiger partial charge in [0.05, 0.1) is 6.61 Å². The van der Waals surface area contributed by atoms with E-state index in [0.29, 0.717) is 6.61 Å². The maximum atomic E-state index is 11.8. The van der Waals surface area contributed by atoms with Crippen LogP contribution in [0, 0.1) is 0 Å². The van der Waals surface area contributed by atoms with Crippen molar-refractivity contribution in [2.45, 2.75) is 12.5 Å². The number of nitrogens with two attached hydrogens (primary N) is 1. The minimum Gasteiger partial charge on any atom is -0.383 e. The summed E-state index contributed by atoms with van der Waals surface area (Å²) in [5, 5.41) is 0. The summed E-state index contributed by atoms with van der Waals surface area (Å²) in [5.74, 6) is 2.18. The zero-order valence-corrected chi connectivity index (χ0v) is 10.6. The Morgan fingerprint density at radius 1 is 1.53 bits per heavy atom. The van der Waals surface area contributed by atoms with Crippen LogP contribution in [0.5, 0.6) is 0 Å². The zero-order valence-electron chi connectivity index (χ0n) is 8.98. The Morgan fingerprint density at radius 2 is 2.27 bits per heavy atom. The molecule has 1 aliphatic heterocycles. The molecule has 0 aromatic heterocycles. The van der Waals surface area contributed by atoms with E-state index in [0.717, 1.165) is 31.0 Å². The zero-order chi connectivity index (χ0) is 10.4. The van der Waals surface area contributed by atoms with Crippen LogP contribution in [0.3, 0.4) is 0 Å². The fourth-order valence-corrected chi connectivity index (χ4v) is 2.34. The Morgan fingerprint density at radius 3 is 2.93 bits per heavy atom. The second-order valence-electron chi connectivity index (χ2n) is 3.35. The van der Waals surface area contributed by atoms with Crippen LogP contribution in [0.15, 0.2) is 0 Å². The highest BCUT2D eigenvalue weighted by molar-refractivity contribution is 7.99. The van der Waals surface area contributed by atoms with E-state index >= 15 is 0 Å². The average molecular weight is 255 g/mol. The van der Waals surface area contributed by atoms with E-state index in [1.807, 2.05) is 16.7 Å². The summed E-state index contributed by atoms with van der Waals surface area (Å²) >= 11 is 1.90. The van der Waals surface area contributed by atoms with Crippen molar-refractivity contribution in [1.29, 1.82) is 0 Å². The molecule has 0 aromatic rings. The van der Waals surface area contributed by atoms with Crippen molar-refractivity contribution in [2.24, 2.45) is 5.73 Å². The van der Waals surface area contributed by atoms with Gasteiger partial charge >= 0.3 is 0 Å². The number of thioether (sulfide) groups is 1. The van der Waals surface area contributed by atoms with Gasteiger partial charge in [-0.1, -0.05) is 0 Å². The van der Waals surface area contributed by atoms with Gasteiger partial charge in [-0.25, -0.2) is 0 Å². The maximum absolute atomic E-state index is 11.8. The van der Waals surface area contributed by atoms with Crippen LogP contribution in [0.2, 0.25) is 0 Å². The van der Waals surface area contributed by atoms with E-state index in [1.165, 1.54) is 0 Å². The number of carbonyl (C=O) groups is 1. The lowest BCUT2D eigenvalue weighted by Crippen LogP contribution is -2.46. The molecule has 4 nitrogen and oxygen atoms in total. The number of hydrogen-bond donors (Lipinski definition) is 1. The van der Waals surface area contributed by atoms with Gasteiger partial charge in [0.15, 0.2) is 0 Å². The Hall–Kier alpha value is 0.0300. The molecule has 0 aliphatic carbocycles. The molecule has 90 valence electrons. The number of rotatable bonds is 3. The van der Waals surface area contributed by atoms with Crippen LogP contribution in [-0.4, -0.2) is 55.2 Å². The first-order chi connectivity index (χ1) is 6.75. The van der Waals surface area contributed by atoms with Gasteiger partial charge in [-0.3, -0.25) is 4.79 Å². The summed E-state index contributed by atoms with van der Waals surface area (Å²) in [6, 6.07) is -0.497. The van der Waals surface area contributed by atoms with E-state index in [-0.39, 0.29) is 18.3 Å². The van der Waals surface area contributed by atoms with Gasteiger partial charge in [0.25, 0.3) is 0 Å². The number of carbonyl (C=O) groups excluding carboxylic acids is 1. The molecule has 6 heteroatoms. The third-order valence-electron chi connectivity index (χ3n) is 2.20. The number of hydrogen-bond acceptors (Lipinski definition) is 4. The van der Waals surface area contributed by atoms with Crippen molar-refractivity contribution in [3.8, 4) is 0 Å². The first kappa shape index (κ1) is 15.0. The molecule has 1 heterocycles. The number of ether oxygens (including phenoxy) is 1. The molecule has 1 rings (SSSR count). The SMILES string of the molecule is COCC(N)C(=O)N1CCCSCC1.Cl. The van der Waals surface area contributed by atoms with E-state index in [4.69, 9.17) is 10.5 Å². The van der Waals surface area contributed by atoms with Crippen LogP contribution in [0.25, 0.3) is 0 Å². The van der Waals surface area contributed by atoms with Gasteiger partial charge in [0.2, 0.25) is 5.91 Å². The molecule has 15 heavy (non-hydrogen) atoms. The highest BCUT2D eigenvalue weighted by atomic mass is 35.5. The molecule has 0 aromatic carbocycles. The highest BCUT2D eigenvalue weighted by Crippen LogP contribution is 2.10. The van der Waals surface area contributed by atoms with E-state index in [9.17, 15) is 4.79 Å². The first-order valence-corrected chi connectivity index (χ1v) is 6.02. The van der Waals surface area contributed by atoms with Crippen molar-refractivity contribution >= 4 is 30.1 Å². The molecular weight excluding hydrogens is 236 g/mol. The smallest absolute Gasteiger partial charge is 0.241 e. The quantitative estimate of drug-likeness (QED) is 0.790. The number of amides is 1. The molecule has 1 amide bonds. The van der Waals surface area contributed by atoms with Crippen LogP contribution in [0.1, 0.15) is 6.42 Å². The molecule has 2 N–H and O–H groups in total. The lowest BCUT2D eigenvalue weighted by atomic mass is 10.2. The topological polar surface area (TPSA) is 55.6 Å². The van der Waals surface area contributed by atoms with E-state index in [1.54, 1.807) is 7.11 Å². The molecule has 0 spiro atoms. The van der Waals surface area contributed by atoms with Gasteiger partial charge in [-0.15, -0.1) is 12.4 Å². The van der Waals surface area contributed by atoms with E-state index in [2.05, 4.69) is 0 Å². The standard InChI is InChI=1S/C9H18N2O2S.ClH/c1-13-7-8(10)9(12)11-3-2-5-14-6-4-11;/h8H,2-7,10H2,1H3;1H. The summed E-state index contributed by atoms with van der Waals surface area (Å²) in [7, 11) is 1.56. The molecular formula is C9H19ClN2O2S. The Labute approximate surface area is 101 Å². The average Bonchev–Trinajstić information content (AvgIpc) is 2.45. The fourth-order valence-electron chi connectivity index (χ4n) is 1.45. The predicted molar refractivity (Wildman–Crippen MR) is 65.6 cm³/mol. The molecule has 0 radical (unpaired) electrons. The van der Waals surface area contributed by atoms with Crippen molar-refractivity contribution in [3.05, 3.63) is 0 Å². The molecule has 1 fully saturated rings. The molecule has 0 bridgehead atoms. The predicted octanol–water partition coefficient (Wildman–Crippen LogP) is 0.347. The summed E-state index contributed by atoms with van der Waals surface area (Å²) in [5.41, 5.74) is 5.69. The number of halogens is 1. The number of nitrogens with zero attached hydrogens (tertiary/aromatic N) is 1. The first-order valence-electron chi connectivity index (χ1n) is 4.86. The maximum Gasteiger partial charge on any atom is 0.241 e. The highest BCUT2D eigenvalue weighted by Gasteiger charge is 2.21. The third kappa shape index (κ3) is 5.06. The van der Waals surface area contributed by atoms with Crippen LogP contribution in [0.4, 0.5) is 0 Å². The van der Waals surface area contributed by atoms with E-state index < -0.39 is 6.04 Å². The van der Waals surface area contributed by atoms with Crippen molar-refractivity contribution in [1.82, 2.24) is 4.90 Å². The van der Waals surface area contributed by atoms with Gasteiger partial charge < -0.3 is 15.4 Å². The minimum absolute atomic E-state index is 0. The second kappa shape index (κ2) is 8.21. The Kier molecular flexibility index (Phi) is 8.23. The van der Waals surface area contributed by atoms with Crippen molar-refractivity contribution < 1.29 is 9.53 Å². The fraction of sp³-hybridized carbons (Fsp3) is 0.889.